The van der Waals surface area contributed by atoms with Gasteiger partial charge in [0.1, 0.15) is 11.5 Å². The molecule has 4 rings (SSSR count). The molecule has 0 fully saturated rings. The van der Waals surface area contributed by atoms with Crippen LogP contribution in [0, 0.1) is 5.82 Å². The molecular formula is C15H9FN4OS2. The lowest BCUT2D eigenvalue weighted by Crippen LogP contribution is -2.13. The highest BCUT2D eigenvalue weighted by molar-refractivity contribution is 7.15. The number of hydrogen-bond acceptors (Lipinski definition) is 5. The van der Waals surface area contributed by atoms with Crippen LogP contribution in [0.3, 0.4) is 0 Å². The maximum absolute atomic E-state index is 13.0. The Kier molecular flexibility index (Phi) is 3.40. The number of imidazole rings is 1. The average Bonchev–Trinajstić information content (AvgIpc) is 3.23. The molecule has 114 valence electrons. The first-order chi connectivity index (χ1) is 11.2. The number of nitrogens with zero attached hydrogens (tertiary/aromatic N) is 3. The molecule has 1 N–H and O–H groups in total. The number of carbonyl (C=O) groups excluding carboxylic acids is 1. The van der Waals surface area contributed by atoms with Gasteiger partial charge in [-0.2, -0.15) is 0 Å². The van der Waals surface area contributed by atoms with Crippen LogP contribution < -0.4 is 5.32 Å². The molecular weight excluding hydrogens is 335 g/mol. The number of carbonyl (C=O) groups is 1. The summed E-state index contributed by atoms with van der Waals surface area (Å²) in [5.41, 5.74) is 1.98. The third-order valence-corrected chi connectivity index (χ3v) is 4.76. The second-order valence-corrected chi connectivity index (χ2v) is 6.43. The highest BCUT2D eigenvalue weighted by Gasteiger charge is 2.16. The minimum absolute atomic E-state index is 0.241. The molecule has 1 amide bonds. The van der Waals surface area contributed by atoms with Gasteiger partial charge in [0, 0.05) is 28.7 Å². The monoisotopic (exact) mass is 344 g/mol. The molecule has 0 atom stereocenters. The molecule has 0 aliphatic carbocycles. The van der Waals surface area contributed by atoms with Crippen LogP contribution >= 0.6 is 22.7 Å². The predicted molar refractivity (Wildman–Crippen MR) is 88.5 cm³/mol. The Morgan fingerprint density at radius 3 is 2.78 bits per heavy atom. The van der Waals surface area contributed by atoms with Crippen molar-refractivity contribution in [3.8, 4) is 11.3 Å². The van der Waals surface area contributed by atoms with Gasteiger partial charge in [-0.1, -0.05) is 0 Å². The van der Waals surface area contributed by atoms with Gasteiger partial charge in [0.2, 0.25) is 0 Å². The zero-order valence-corrected chi connectivity index (χ0v) is 13.2. The van der Waals surface area contributed by atoms with Crippen molar-refractivity contribution in [2.75, 3.05) is 5.32 Å². The van der Waals surface area contributed by atoms with Crippen LogP contribution in [0.2, 0.25) is 0 Å². The number of anilines is 1. The second-order valence-electron chi connectivity index (χ2n) is 4.70. The number of amides is 1. The Hall–Kier alpha value is -2.58. The van der Waals surface area contributed by atoms with Crippen LogP contribution in [-0.2, 0) is 0 Å². The molecule has 0 saturated heterocycles. The molecule has 0 bridgehead atoms. The third-order valence-electron chi connectivity index (χ3n) is 3.23. The summed E-state index contributed by atoms with van der Waals surface area (Å²) >= 11 is 2.73. The molecule has 0 radical (unpaired) electrons. The minimum atomic E-state index is -0.293. The van der Waals surface area contributed by atoms with Crippen molar-refractivity contribution in [2.24, 2.45) is 0 Å². The fourth-order valence-corrected chi connectivity index (χ4v) is 3.53. The van der Waals surface area contributed by atoms with E-state index in [1.165, 1.54) is 34.8 Å². The van der Waals surface area contributed by atoms with Crippen molar-refractivity contribution in [1.82, 2.24) is 14.4 Å². The summed E-state index contributed by atoms with van der Waals surface area (Å²) in [6.07, 6.45) is 3.41. The maximum Gasteiger partial charge on any atom is 0.275 e. The molecule has 4 aromatic rings. The molecule has 0 spiro atoms. The Morgan fingerprint density at radius 2 is 2.04 bits per heavy atom. The highest BCUT2D eigenvalue weighted by atomic mass is 32.1. The van der Waals surface area contributed by atoms with E-state index in [9.17, 15) is 9.18 Å². The van der Waals surface area contributed by atoms with Crippen molar-refractivity contribution in [3.05, 3.63) is 58.9 Å². The topological polar surface area (TPSA) is 59.3 Å². The Labute approximate surface area is 138 Å². The fraction of sp³-hybridized carbons (Fsp3) is 0. The van der Waals surface area contributed by atoms with Crippen molar-refractivity contribution in [3.63, 3.8) is 0 Å². The Balaban J connectivity index is 1.69. The van der Waals surface area contributed by atoms with E-state index in [1.807, 2.05) is 0 Å². The number of thiazole rings is 2. The van der Waals surface area contributed by atoms with Crippen LogP contribution in [0.1, 0.15) is 10.5 Å². The summed E-state index contributed by atoms with van der Waals surface area (Å²) < 4.78 is 14.7. The molecule has 1 aromatic carbocycles. The summed E-state index contributed by atoms with van der Waals surface area (Å²) in [5, 5.41) is 6.84. The predicted octanol–water partition coefficient (Wildman–Crippen LogP) is 3.91. The van der Waals surface area contributed by atoms with E-state index < -0.39 is 0 Å². The lowest BCUT2D eigenvalue weighted by Gasteiger charge is -1.99. The van der Waals surface area contributed by atoms with Gasteiger partial charge in [0.15, 0.2) is 10.1 Å². The standard InChI is InChI=1S/C15H9FN4OS2/c16-10-3-1-9(2-4-10)11-7-20-12(8-23-15(20)18-11)13(21)19-14-17-5-6-22-14/h1-8H,(H,17,19,21). The first-order valence-electron chi connectivity index (χ1n) is 6.64. The molecule has 3 aromatic heterocycles. The van der Waals surface area contributed by atoms with Gasteiger partial charge in [-0.05, 0) is 24.3 Å². The third kappa shape index (κ3) is 2.62. The lowest BCUT2D eigenvalue weighted by molar-refractivity contribution is 0.102. The smallest absolute Gasteiger partial charge is 0.275 e. The van der Waals surface area contributed by atoms with Crippen LogP contribution in [0.5, 0.6) is 0 Å². The van der Waals surface area contributed by atoms with Gasteiger partial charge in [0.25, 0.3) is 5.91 Å². The quantitative estimate of drug-likeness (QED) is 0.613. The van der Waals surface area contributed by atoms with Gasteiger partial charge in [-0.25, -0.2) is 14.4 Å². The van der Waals surface area contributed by atoms with E-state index in [0.717, 1.165) is 5.56 Å². The number of nitrogens with one attached hydrogen (secondary N) is 1. The number of aromatic nitrogens is 3. The number of rotatable bonds is 3. The van der Waals surface area contributed by atoms with Crippen molar-refractivity contribution in [1.29, 1.82) is 0 Å². The largest absolute Gasteiger partial charge is 0.297 e. The number of benzene rings is 1. The van der Waals surface area contributed by atoms with Gasteiger partial charge < -0.3 is 0 Å². The number of fused-ring (bicyclic) bond motifs is 1. The van der Waals surface area contributed by atoms with Gasteiger partial charge >= 0.3 is 0 Å². The fourth-order valence-electron chi connectivity index (χ4n) is 2.15. The van der Waals surface area contributed by atoms with E-state index in [2.05, 4.69) is 15.3 Å². The van der Waals surface area contributed by atoms with E-state index in [-0.39, 0.29) is 11.7 Å². The molecule has 0 saturated carbocycles. The minimum Gasteiger partial charge on any atom is -0.297 e. The van der Waals surface area contributed by atoms with E-state index >= 15 is 0 Å². The van der Waals surface area contributed by atoms with E-state index in [4.69, 9.17) is 0 Å². The lowest BCUT2D eigenvalue weighted by atomic mass is 10.2. The first kappa shape index (κ1) is 14.0. The van der Waals surface area contributed by atoms with E-state index in [1.54, 1.807) is 39.7 Å². The van der Waals surface area contributed by atoms with Crippen LogP contribution in [0.4, 0.5) is 9.52 Å². The summed E-state index contributed by atoms with van der Waals surface area (Å²) in [6.45, 7) is 0. The second kappa shape index (κ2) is 5.56. The highest BCUT2D eigenvalue weighted by Crippen LogP contribution is 2.24. The normalized spacial score (nSPS) is 11.0. The summed E-state index contributed by atoms with van der Waals surface area (Å²) in [4.78, 5) is 21.6. The molecule has 3 heterocycles. The molecule has 8 heteroatoms. The summed E-state index contributed by atoms with van der Waals surface area (Å²) in [6, 6.07) is 6.10. The Bertz CT molecular complexity index is 973. The molecule has 23 heavy (non-hydrogen) atoms. The van der Waals surface area contributed by atoms with Crippen molar-refractivity contribution in [2.45, 2.75) is 0 Å². The van der Waals surface area contributed by atoms with Gasteiger partial charge in [0.05, 0.1) is 5.69 Å². The average molecular weight is 344 g/mol. The zero-order valence-electron chi connectivity index (χ0n) is 11.6. The molecule has 5 nitrogen and oxygen atoms in total. The SMILES string of the molecule is O=C(Nc1nccs1)c1csc2nc(-c3ccc(F)cc3)cn12. The molecule has 0 aliphatic rings. The van der Waals surface area contributed by atoms with Crippen molar-refractivity contribution < 1.29 is 9.18 Å². The summed E-state index contributed by atoms with van der Waals surface area (Å²) in [5.74, 6) is -0.535. The molecule has 0 unspecified atom stereocenters. The van der Waals surface area contributed by atoms with Gasteiger partial charge in [-0.15, -0.1) is 22.7 Å². The number of halogens is 1. The summed E-state index contributed by atoms with van der Waals surface area (Å²) in [7, 11) is 0. The van der Waals surface area contributed by atoms with Crippen LogP contribution in [0.25, 0.3) is 16.2 Å². The zero-order chi connectivity index (χ0) is 15.8. The van der Waals surface area contributed by atoms with Crippen LogP contribution in [0.15, 0.2) is 47.4 Å². The van der Waals surface area contributed by atoms with Crippen LogP contribution in [-0.4, -0.2) is 20.3 Å². The Morgan fingerprint density at radius 1 is 1.22 bits per heavy atom. The van der Waals surface area contributed by atoms with E-state index in [0.29, 0.717) is 21.5 Å². The number of hydrogen-bond donors (Lipinski definition) is 1. The first-order valence-corrected chi connectivity index (χ1v) is 8.40. The maximum atomic E-state index is 13.0. The van der Waals surface area contributed by atoms with Crippen molar-refractivity contribution >= 4 is 38.7 Å². The van der Waals surface area contributed by atoms with Gasteiger partial charge in [-0.3, -0.25) is 14.5 Å². The molecule has 0 aliphatic heterocycles.